The Morgan fingerprint density at radius 1 is 1.11 bits per heavy atom. The number of para-hydroxylation sites is 1. The van der Waals surface area contributed by atoms with Crippen LogP contribution in [0.2, 0.25) is 0 Å². The number of rotatable bonds is 8. The second-order valence-electron chi connectivity index (χ2n) is 12.3. The summed E-state index contributed by atoms with van der Waals surface area (Å²) in [6, 6.07) is 8.03. The van der Waals surface area contributed by atoms with Crippen LogP contribution in [0.25, 0.3) is 10.9 Å². The largest absolute Gasteiger partial charge is 0.444 e. The number of carbonyl (C=O) groups excluding carboxylic acids is 2. The van der Waals surface area contributed by atoms with Gasteiger partial charge in [-0.25, -0.2) is 19.5 Å². The summed E-state index contributed by atoms with van der Waals surface area (Å²) in [6.07, 6.45) is 6.46. The van der Waals surface area contributed by atoms with Crippen molar-refractivity contribution in [2.24, 2.45) is 11.8 Å². The Kier molecular flexibility index (Phi) is 8.35. The quantitative estimate of drug-likeness (QED) is 0.516. The number of benzene rings is 1. The van der Waals surface area contributed by atoms with Crippen molar-refractivity contribution in [2.75, 3.05) is 44.2 Å². The number of nitrogens with zero attached hydrogens (tertiary/aromatic N) is 3. The first-order valence-electron chi connectivity index (χ1n) is 12.6. The molecule has 1 N–H and O–H groups in total. The number of likely N-dealkylation sites (tertiary alicyclic amines) is 1. The predicted octanol–water partition coefficient (Wildman–Crippen LogP) is 4.56. The molecule has 0 unspecified atom stereocenters. The van der Waals surface area contributed by atoms with Crippen molar-refractivity contribution in [1.82, 2.24) is 20.0 Å². The molecule has 202 valence electrons. The van der Waals surface area contributed by atoms with Gasteiger partial charge >= 0.3 is 6.09 Å². The van der Waals surface area contributed by atoms with Crippen LogP contribution in [0.5, 0.6) is 0 Å². The molecule has 0 spiro atoms. The molecular formula is C27H44N4O4S. The third-order valence-electron chi connectivity index (χ3n) is 6.34. The summed E-state index contributed by atoms with van der Waals surface area (Å²) >= 11 is 0. The topological polar surface area (TPSA) is 85.7 Å². The SMILES string of the molecule is C[C@H]1CN(C(=O)OC(C)(C)C)C[C@H]1C(=O)NC(C)(C)c1nn(COCCS(C)(C)C)c2ccccc12. The van der Waals surface area contributed by atoms with Crippen LogP contribution in [0.4, 0.5) is 4.79 Å². The number of amides is 2. The summed E-state index contributed by atoms with van der Waals surface area (Å²) in [6.45, 7) is 13.4. The minimum atomic E-state index is -0.712. The van der Waals surface area contributed by atoms with Gasteiger partial charge in [0.1, 0.15) is 12.3 Å². The molecule has 1 saturated heterocycles. The summed E-state index contributed by atoms with van der Waals surface area (Å²) < 4.78 is 13.3. The van der Waals surface area contributed by atoms with Crippen LogP contribution in [0.1, 0.15) is 47.2 Å². The molecule has 2 amide bonds. The second-order valence-corrected chi connectivity index (χ2v) is 16.9. The standard InChI is InChI=1S/C27H44N4O4S/c1-19-16-30(25(33)35-26(2,3)4)17-21(19)24(32)28-27(5,6)23-20-12-10-11-13-22(20)31(29-23)18-34-14-15-36(7,8)9/h10-13,19,21H,14-18H2,1-9H3,(H,28,32)/t19-,21+/m0/s1. The maximum absolute atomic E-state index is 13.4. The Labute approximate surface area is 217 Å². The molecule has 0 bridgehead atoms. The molecule has 1 aliphatic rings. The lowest BCUT2D eigenvalue weighted by Crippen LogP contribution is -2.46. The summed E-state index contributed by atoms with van der Waals surface area (Å²) in [7, 11) is -0.618. The lowest BCUT2D eigenvalue weighted by molar-refractivity contribution is -0.127. The molecule has 2 heterocycles. The monoisotopic (exact) mass is 520 g/mol. The van der Waals surface area contributed by atoms with Gasteiger partial charge in [0, 0.05) is 24.2 Å². The zero-order chi connectivity index (χ0) is 26.9. The van der Waals surface area contributed by atoms with Gasteiger partial charge in [-0.2, -0.15) is 5.10 Å². The third kappa shape index (κ3) is 7.16. The van der Waals surface area contributed by atoms with Gasteiger partial charge in [0.15, 0.2) is 0 Å². The van der Waals surface area contributed by atoms with Gasteiger partial charge in [0.25, 0.3) is 0 Å². The van der Waals surface area contributed by atoms with E-state index in [4.69, 9.17) is 14.6 Å². The molecule has 1 aliphatic heterocycles. The molecular weight excluding hydrogens is 476 g/mol. The molecule has 0 aliphatic carbocycles. The molecule has 1 aromatic heterocycles. The van der Waals surface area contributed by atoms with Gasteiger partial charge in [0.05, 0.1) is 29.3 Å². The number of aromatic nitrogens is 2. The van der Waals surface area contributed by atoms with Gasteiger partial charge in [-0.1, -0.05) is 25.1 Å². The molecule has 2 atom stereocenters. The van der Waals surface area contributed by atoms with Crippen LogP contribution in [-0.4, -0.2) is 76.5 Å². The van der Waals surface area contributed by atoms with Crippen molar-refractivity contribution >= 4 is 32.9 Å². The van der Waals surface area contributed by atoms with E-state index >= 15 is 0 Å². The highest BCUT2D eigenvalue weighted by Crippen LogP contribution is 2.34. The minimum absolute atomic E-state index is 0.0287. The van der Waals surface area contributed by atoms with E-state index in [0.29, 0.717) is 26.4 Å². The van der Waals surface area contributed by atoms with Gasteiger partial charge in [-0.3, -0.25) is 4.79 Å². The fourth-order valence-corrected chi connectivity index (χ4v) is 5.01. The highest BCUT2D eigenvalue weighted by Gasteiger charge is 2.41. The van der Waals surface area contributed by atoms with Crippen molar-refractivity contribution < 1.29 is 19.1 Å². The fourth-order valence-electron chi connectivity index (χ4n) is 4.39. The Balaban J connectivity index is 1.73. The molecule has 0 saturated carbocycles. The molecule has 1 aromatic carbocycles. The van der Waals surface area contributed by atoms with Crippen LogP contribution >= 0.6 is 10.0 Å². The van der Waals surface area contributed by atoms with E-state index in [2.05, 4.69) is 24.1 Å². The Bertz CT molecular complexity index is 1080. The van der Waals surface area contributed by atoms with E-state index in [1.165, 1.54) is 0 Å². The Hall–Kier alpha value is -2.26. The van der Waals surface area contributed by atoms with Gasteiger partial charge in [-0.15, -0.1) is 0 Å². The predicted molar refractivity (Wildman–Crippen MR) is 148 cm³/mol. The van der Waals surface area contributed by atoms with Crippen molar-refractivity contribution in [1.29, 1.82) is 0 Å². The van der Waals surface area contributed by atoms with Crippen LogP contribution in [0.15, 0.2) is 24.3 Å². The average molecular weight is 521 g/mol. The lowest BCUT2D eigenvalue weighted by Gasteiger charge is -2.27. The highest BCUT2D eigenvalue weighted by molar-refractivity contribution is 8.32. The zero-order valence-corrected chi connectivity index (χ0v) is 24.2. The number of nitrogens with one attached hydrogen (secondary N) is 1. The van der Waals surface area contributed by atoms with Gasteiger partial charge in [0.2, 0.25) is 5.91 Å². The normalized spacial score (nSPS) is 19.5. The maximum atomic E-state index is 13.4. The van der Waals surface area contributed by atoms with Crippen LogP contribution in [0.3, 0.4) is 0 Å². The minimum Gasteiger partial charge on any atom is -0.444 e. The highest BCUT2D eigenvalue weighted by atomic mass is 32.3. The number of fused-ring (bicyclic) bond motifs is 1. The number of hydrogen-bond acceptors (Lipinski definition) is 5. The van der Waals surface area contributed by atoms with E-state index < -0.39 is 21.2 Å². The average Bonchev–Trinajstić information content (AvgIpc) is 3.30. The molecule has 8 nitrogen and oxygen atoms in total. The summed E-state index contributed by atoms with van der Waals surface area (Å²) in [5.41, 5.74) is 0.492. The molecule has 36 heavy (non-hydrogen) atoms. The smallest absolute Gasteiger partial charge is 0.410 e. The molecule has 0 radical (unpaired) electrons. The second kappa shape index (κ2) is 10.6. The molecule has 9 heteroatoms. The first-order valence-corrected chi connectivity index (χ1v) is 15.6. The van der Waals surface area contributed by atoms with E-state index in [1.54, 1.807) is 4.90 Å². The first kappa shape index (κ1) is 28.3. The summed E-state index contributed by atoms with van der Waals surface area (Å²) in [5, 5.41) is 9.08. The van der Waals surface area contributed by atoms with Crippen molar-refractivity contribution in [3.05, 3.63) is 30.0 Å². The van der Waals surface area contributed by atoms with Crippen molar-refractivity contribution in [3.63, 3.8) is 0 Å². The summed E-state index contributed by atoms with van der Waals surface area (Å²) in [5.74, 6) is 0.677. The summed E-state index contributed by atoms with van der Waals surface area (Å²) in [4.78, 5) is 27.6. The van der Waals surface area contributed by atoms with Crippen LogP contribution in [-0.2, 0) is 26.5 Å². The Morgan fingerprint density at radius 2 is 1.78 bits per heavy atom. The zero-order valence-electron chi connectivity index (χ0n) is 23.4. The molecule has 1 fully saturated rings. The van der Waals surface area contributed by atoms with E-state index in [9.17, 15) is 9.59 Å². The van der Waals surface area contributed by atoms with E-state index in [-0.39, 0.29) is 23.8 Å². The number of ether oxygens (including phenoxy) is 2. The van der Waals surface area contributed by atoms with E-state index in [0.717, 1.165) is 22.3 Å². The fraction of sp³-hybridized carbons (Fsp3) is 0.667. The number of carbonyl (C=O) groups is 2. The van der Waals surface area contributed by atoms with Gasteiger partial charge < -0.3 is 19.7 Å². The molecule has 3 rings (SSSR count). The van der Waals surface area contributed by atoms with Crippen molar-refractivity contribution in [3.8, 4) is 0 Å². The van der Waals surface area contributed by atoms with E-state index in [1.807, 2.05) is 70.5 Å². The van der Waals surface area contributed by atoms with Crippen LogP contribution < -0.4 is 5.32 Å². The lowest BCUT2D eigenvalue weighted by atomic mass is 9.93. The van der Waals surface area contributed by atoms with Crippen molar-refractivity contribution in [2.45, 2.75) is 59.4 Å². The number of hydrogen-bond donors (Lipinski definition) is 1. The van der Waals surface area contributed by atoms with Crippen LogP contribution in [0, 0.1) is 11.8 Å². The molecule has 2 aromatic rings. The maximum Gasteiger partial charge on any atom is 0.410 e. The van der Waals surface area contributed by atoms with Gasteiger partial charge in [-0.05, 0) is 65.4 Å². The first-order chi connectivity index (χ1) is 16.6. The third-order valence-corrected chi connectivity index (χ3v) is 7.73. The Morgan fingerprint density at radius 3 is 2.42 bits per heavy atom.